The van der Waals surface area contributed by atoms with Gasteiger partial charge in [0.2, 0.25) is 0 Å². The Labute approximate surface area is 370 Å². The van der Waals surface area contributed by atoms with Crippen molar-refractivity contribution in [3.8, 4) is 22.3 Å². The number of hydrogen-bond donors (Lipinski definition) is 0. The summed E-state index contributed by atoms with van der Waals surface area (Å²) in [6.45, 7) is 11.6. The highest BCUT2D eigenvalue weighted by atomic mass is 15.2. The molecule has 0 bridgehead atoms. The lowest BCUT2D eigenvalue weighted by Crippen LogP contribution is -2.30. The van der Waals surface area contributed by atoms with E-state index in [4.69, 9.17) is 0 Å². The quantitative estimate of drug-likeness (QED) is 0.163. The van der Waals surface area contributed by atoms with Gasteiger partial charge in [-0.15, -0.1) is 0 Å². The van der Waals surface area contributed by atoms with Crippen molar-refractivity contribution >= 4 is 66.4 Å². The Hall–Kier alpha value is -7.42. The number of hydrogen-bond acceptors (Lipinski definition) is 2. The Morgan fingerprint density at radius 2 is 0.762 bits per heavy atom. The Balaban J connectivity index is 1.21. The van der Waals surface area contributed by atoms with Gasteiger partial charge in [0.05, 0.1) is 22.7 Å². The Morgan fingerprint density at radius 3 is 1.29 bits per heavy atom. The first-order chi connectivity index (χ1) is 30.7. The highest BCUT2D eigenvalue weighted by molar-refractivity contribution is 6.24. The predicted molar refractivity (Wildman–Crippen MR) is 268 cm³/mol. The third kappa shape index (κ3) is 5.50. The number of benzene rings is 10. The average Bonchev–Trinajstić information content (AvgIpc) is 3.31. The number of para-hydroxylation sites is 4. The summed E-state index contributed by atoms with van der Waals surface area (Å²) in [7, 11) is 0. The van der Waals surface area contributed by atoms with Crippen LogP contribution in [-0.2, 0) is 10.8 Å². The number of fused-ring (bicyclic) bond motifs is 7. The van der Waals surface area contributed by atoms with E-state index in [0.29, 0.717) is 0 Å². The van der Waals surface area contributed by atoms with Gasteiger partial charge in [-0.3, -0.25) is 0 Å². The smallest absolute Gasteiger partial charge is 0.0502 e. The van der Waals surface area contributed by atoms with Crippen LogP contribution in [0.2, 0.25) is 0 Å². The predicted octanol–water partition coefficient (Wildman–Crippen LogP) is 17.0. The van der Waals surface area contributed by atoms with Gasteiger partial charge in [-0.2, -0.15) is 0 Å². The van der Waals surface area contributed by atoms with E-state index >= 15 is 0 Å². The van der Waals surface area contributed by atoms with Crippen LogP contribution in [0.4, 0.5) is 34.1 Å². The maximum atomic E-state index is 2.49. The molecule has 2 heterocycles. The topological polar surface area (TPSA) is 6.48 Å². The minimum Gasteiger partial charge on any atom is -0.310 e. The van der Waals surface area contributed by atoms with E-state index in [9.17, 15) is 0 Å². The fourth-order valence-corrected chi connectivity index (χ4v) is 11.2. The van der Waals surface area contributed by atoms with Crippen molar-refractivity contribution in [1.29, 1.82) is 0 Å². The zero-order valence-electron chi connectivity index (χ0n) is 36.4. The van der Waals surface area contributed by atoms with Crippen LogP contribution in [0, 0.1) is 6.92 Å². The second-order valence-corrected chi connectivity index (χ2v) is 18.6. The molecule has 0 N–H and O–H groups in total. The summed E-state index contributed by atoms with van der Waals surface area (Å²) in [6.07, 6.45) is 0. The van der Waals surface area contributed by atoms with Crippen molar-refractivity contribution in [3.05, 3.63) is 228 Å². The van der Waals surface area contributed by atoms with Gasteiger partial charge in [-0.25, -0.2) is 0 Å². The highest BCUT2D eigenvalue weighted by Crippen LogP contribution is 2.56. The standard InChI is InChI=1S/C61H48N2/c1-39-18-16-21-41(36-39)58-46-34-32-43(63-56-30-14-10-26-52(56)61(4,5)53-27-11-15-31-57(53)63)38-49(46)59(45-23-17-20-40-19-6-7-22-44(40)45)47-35-33-42(37-48(47)58)62-54-28-12-8-24-50(54)60(2,3)51-25-9-13-29-55(51)62/h6-38H,1-5H3. The monoisotopic (exact) mass is 808 g/mol. The van der Waals surface area contributed by atoms with E-state index in [1.807, 2.05) is 0 Å². The normalized spacial score (nSPS) is 14.6. The van der Waals surface area contributed by atoms with Crippen molar-refractivity contribution in [2.45, 2.75) is 45.4 Å². The molecule has 2 aliphatic rings. The molecule has 0 saturated carbocycles. The molecule has 0 spiro atoms. The van der Waals surface area contributed by atoms with E-state index in [0.717, 1.165) is 11.4 Å². The molecule has 2 nitrogen and oxygen atoms in total. The SMILES string of the molecule is Cc1cccc(-c2c3cc(N4c5ccccc5C(C)(C)c5ccccc54)ccc3c(-c3cccc4ccccc34)c3cc(N4c5ccccc5C(C)(C)c5ccccc54)ccc23)c1. The minimum absolute atomic E-state index is 0.145. The van der Waals surface area contributed by atoms with E-state index in [1.54, 1.807) is 0 Å². The van der Waals surface area contributed by atoms with Gasteiger partial charge in [0, 0.05) is 22.2 Å². The largest absolute Gasteiger partial charge is 0.310 e. The summed E-state index contributed by atoms with van der Waals surface area (Å²) < 4.78 is 0. The van der Waals surface area contributed by atoms with Gasteiger partial charge in [-0.1, -0.05) is 185 Å². The first-order valence-electron chi connectivity index (χ1n) is 22.3. The maximum absolute atomic E-state index is 2.49. The third-order valence-electron chi connectivity index (χ3n) is 14.2. The first-order valence-corrected chi connectivity index (χ1v) is 22.3. The van der Waals surface area contributed by atoms with E-state index < -0.39 is 0 Å². The molecule has 0 unspecified atom stereocenters. The summed E-state index contributed by atoms with van der Waals surface area (Å²) in [5.41, 5.74) is 18.4. The van der Waals surface area contributed by atoms with Crippen LogP contribution < -0.4 is 9.80 Å². The molecule has 0 aliphatic carbocycles. The van der Waals surface area contributed by atoms with Crippen LogP contribution in [0.5, 0.6) is 0 Å². The lowest BCUT2D eigenvalue weighted by molar-refractivity contribution is 0.632. The molecule has 12 rings (SSSR count). The van der Waals surface area contributed by atoms with E-state index in [2.05, 4.69) is 245 Å². The van der Waals surface area contributed by atoms with Crippen molar-refractivity contribution < 1.29 is 0 Å². The molecule has 10 aromatic rings. The highest BCUT2D eigenvalue weighted by Gasteiger charge is 2.38. The van der Waals surface area contributed by atoms with Crippen molar-refractivity contribution in [2.75, 3.05) is 9.80 Å². The van der Waals surface area contributed by atoms with E-state index in [-0.39, 0.29) is 10.8 Å². The average molecular weight is 809 g/mol. The van der Waals surface area contributed by atoms with Crippen LogP contribution >= 0.6 is 0 Å². The van der Waals surface area contributed by atoms with Gasteiger partial charge >= 0.3 is 0 Å². The molecule has 0 aromatic heterocycles. The molecule has 63 heavy (non-hydrogen) atoms. The second kappa shape index (κ2) is 13.8. The summed E-state index contributed by atoms with van der Waals surface area (Å²) in [4.78, 5) is 4.99. The van der Waals surface area contributed by atoms with Gasteiger partial charge < -0.3 is 9.80 Å². The van der Waals surface area contributed by atoms with Crippen LogP contribution in [0.1, 0.15) is 55.5 Å². The molecule has 0 fully saturated rings. The van der Waals surface area contributed by atoms with E-state index in [1.165, 1.54) is 105 Å². The zero-order chi connectivity index (χ0) is 42.6. The maximum Gasteiger partial charge on any atom is 0.0502 e. The zero-order valence-corrected chi connectivity index (χ0v) is 36.4. The molecule has 0 saturated heterocycles. The molecule has 2 aliphatic heterocycles. The molecule has 2 heteroatoms. The van der Waals surface area contributed by atoms with Crippen LogP contribution in [0.3, 0.4) is 0 Å². The Kier molecular flexibility index (Phi) is 8.18. The Morgan fingerprint density at radius 1 is 0.333 bits per heavy atom. The molecule has 0 radical (unpaired) electrons. The molecule has 302 valence electrons. The van der Waals surface area contributed by atoms with Crippen LogP contribution in [0.25, 0.3) is 54.6 Å². The van der Waals surface area contributed by atoms with Crippen molar-refractivity contribution in [2.24, 2.45) is 0 Å². The van der Waals surface area contributed by atoms with Gasteiger partial charge in [0.1, 0.15) is 0 Å². The first kappa shape index (κ1) is 37.4. The number of rotatable bonds is 4. The molecule has 0 atom stereocenters. The van der Waals surface area contributed by atoms with Gasteiger partial charge in [0.15, 0.2) is 0 Å². The van der Waals surface area contributed by atoms with Crippen molar-refractivity contribution in [3.63, 3.8) is 0 Å². The fraction of sp³-hybridized carbons (Fsp3) is 0.115. The summed E-state index contributed by atoms with van der Waals surface area (Å²) in [5, 5.41) is 7.41. The summed E-state index contributed by atoms with van der Waals surface area (Å²) in [6, 6.07) is 75.1. The molecule has 10 aromatic carbocycles. The van der Waals surface area contributed by atoms with Gasteiger partial charge in [0.25, 0.3) is 0 Å². The Bertz CT molecular complexity index is 3390. The number of aryl methyl sites for hydroxylation is 1. The third-order valence-corrected chi connectivity index (χ3v) is 14.2. The van der Waals surface area contributed by atoms with Gasteiger partial charge in [-0.05, 0) is 132 Å². The number of anilines is 6. The minimum atomic E-state index is -0.147. The molecule has 0 amide bonds. The lowest BCUT2D eigenvalue weighted by Gasteiger charge is -2.42. The van der Waals surface area contributed by atoms with Crippen LogP contribution in [0.15, 0.2) is 200 Å². The van der Waals surface area contributed by atoms with Crippen LogP contribution in [-0.4, -0.2) is 0 Å². The summed E-state index contributed by atoms with van der Waals surface area (Å²) in [5.74, 6) is 0. The fourth-order valence-electron chi connectivity index (χ4n) is 11.2. The van der Waals surface area contributed by atoms with Crippen molar-refractivity contribution in [1.82, 2.24) is 0 Å². The molecular formula is C61H48N2. The summed E-state index contributed by atoms with van der Waals surface area (Å²) >= 11 is 0. The number of nitrogens with zero attached hydrogens (tertiary/aromatic N) is 2. The lowest BCUT2D eigenvalue weighted by atomic mass is 9.73. The second-order valence-electron chi connectivity index (χ2n) is 18.6. The molecular weight excluding hydrogens is 761 g/mol.